The average molecular weight is 273 g/mol. The van der Waals surface area contributed by atoms with Crippen LogP contribution in [-0.4, -0.2) is 25.7 Å². The van der Waals surface area contributed by atoms with Crippen LogP contribution in [0.5, 0.6) is 0 Å². The normalized spacial score (nSPS) is 22.5. The Kier molecular flexibility index (Phi) is 3.54. The highest BCUT2D eigenvalue weighted by Gasteiger charge is 2.29. The second kappa shape index (κ2) is 4.78. The second-order valence-electron chi connectivity index (χ2n) is 4.38. The van der Waals surface area contributed by atoms with Gasteiger partial charge in [0.1, 0.15) is 0 Å². The third kappa shape index (κ3) is 3.07. The van der Waals surface area contributed by atoms with Gasteiger partial charge in [-0.2, -0.15) is 0 Å². The van der Waals surface area contributed by atoms with Gasteiger partial charge in [0.25, 0.3) is 0 Å². The quantitative estimate of drug-likeness (QED) is 0.794. The van der Waals surface area contributed by atoms with E-state index < -0.39 is 9.84 Å². The molecule has 1 aromatic carbocycles. The Balaban J connectivity index is 2.06. The highest BCUT2D eigenvalue weighted by atomic mass is 35.5. The molecule has 92 valence electrons. The van der Waals surface area contributed by atoms with E-state index >= 15 is 0 Å². The summed E-state index contributed by atoms with van der Waals surface area (Å²) in [7, 11) is -2.92. The van der Waals surface area contributed by atoms with Gasteiger partial charge in [0.2, 0.25) is 0 Å². The predicted molar refractivity (Wildman–Crippen MR) is 67.2 cm³/mol. The summed E-state index contributed by atoms with van der Waals surface area (Å²) in [5.41, 5.74) is 0.485. The lowest BCUT2D eigenvalue weighted by atomic mass is 9.98. The largest absolute Gasteiger partial charge is 0.294 e. The molecule has 0 amide bonds. The smallest absolute Gasteiger partial charge is 0.164 e. The predicted octanol–water partition coefficient (Wildman–Crippen LogP) is 2.35. The highest BCUT2D eigenvalue weighted by Crippen LogP contribution is 2.25. The zero-order valence-corrected chi connectivity index (χ0v) is 10.8. The molecular weight excluding hydrogens is 260 g/mol. The lowest BCUT2D eigenvalue weighted by Gasteiger charge is -2.07. The zero-order chi connectivity index (χ0) is 12.5. The molecule has 0 aromatic heterocycles. The standard InChI is InChI=1S/C12H13ClO3S/c13-11-4-2-1-3-10(11)12(14)7-9-5-6-17(15,16)8-9/h1-4,9H,5-8H2. The molecule has 1 aromatic rings. The van der Waals surface area contributed by atoms with E-state index in [-0.39, 0.29) is 29.6 Å². The summed E-state index contributed by atoms with van der Waals surface area (Å²) >= 11 is 5.92. The van der Waals surface area contributed by atoms with Crippen LogP contribution in [0.1, 0.15) is 23.2 Å². The van der Waals surface area contributed by atoms with Crippen LogP contribution in [0.2, 0.25) is 5.02 Å². The molecule has 0 N–H and O–H groups in total. The fraction of sp³-hybridized carbons (Fsp3) is 0.417. The molecule has 1 aliphatic heterocycles. The van der Waals surface area contributed by atoms with E-state index in [4.69, 9.17) is 11.6 Å². The lowest BCUT2D eigenvalue weighted by Crippen LogP contribution is -2.11. The molecule has 0 saturated carbocycles. The van der Waals surface area contributed by atoms with Gasteiger partial charge in [-0.25, -0.2) is 8.42 Å². The number of benzene rings is 1. The molecule has 1 saturated heterocycles. The first-order valence-corrected chi connectivity index (χ1v) is 7.66. The van der Waals surface area contributed by atoms with Gasteiger partial charge in [0.05, 0.1) is 16.5 Å². The maximum absolute atomic E-state index is 12.0. The minimum atomic E-state index is -2.92. The second-order valence-corrected chi connectivity index (χ2v) is 7.01. The van der Waals surface area contributed by atoms with Crippen molar-refractivity contribution in [1.29, 1.82) is 0 Å². The van der Waals surface area contributed by atoms with E-state index in [1.807, 2.05) is 0 Å². The van der Waals surface area contributed by atoms with Crippen molar-refractivity contribution in [1.82, 2.24) is 0 Å². The number of sulfone groups is 1. The molecule has 0 bridgehead atoms. The Bertz CT molecular complexity index is 536. The molecule has 5 heteroatoms. The Labute approximate surface area is 106 Å². The first kappa shape index (κ1) is 12.6. The summed E-state index contributed by atoms with van der Waals surface area (Å²) in [6, 6.07) is 6.86. The number of carbonyl (C=O) groups is 1. The first-order chi connectivity index (χ1) is 7.98. The number of ketones is 1. The monoisotopic (exact) mass is 272 g/mol. The van der Waals surface area contributed by atoms with Gasteiger partial charge in [-0.3, -0.25) is 4.79 Å². The maximum atomic E-state index is 12.0. The molecule has 1 atom stereocenters. The molecule has 0 aliphatic carbocycles. The number of rotatable bonds is 3. The van der Waals surface area contributed by atoms with E-state index in [9.17, 15) is 13.2 Å². The number of hydrogen-bond acceptors (Lipinski definition) is 3. The van der Waals surface area contributed by atoms with E-state index in [2.05, 4.69) is 0 Å². The Morgan fingerprint density at radius 3 is 2.65 bits per heavy atom. The summed E-state index contributed by atoms with van der Waals surface area (Å²) < 4.78 is 22.6. The number of carbonyl (C=O) groups excluding carboxylic acids is 1. The van der Waals surface area contributed by atoms with Crippen LogP contribution in [-0.2, 0) is 9.84 Å². The van der Waals surface area contributed by atoms with Gasteiger partial charge in [-0.05, 0) is 24.5 Å². The van der Waals surface area contributed by atoms with Gasteiger partial charge in [0.15, 0.2) is 15.6 Å². The maximum Gasteiger partial charge on any atom is 0.164 e. The fourth-order valence-electron chi connectivity index (χ4n) is 2.09. The van der Waals surface area contributed by atoms with Crippen LogP contribution in [0.3, 0.4) is 0 Å². The molecule has 17 heavy (non-hydrogen) atoms. The Hall–Kier alpha value is -0.870. The van der Waals surface area contributed by atoms with Gasteiger partial charge in [-0.1, -0.05) is 23.7 Å². The Morgan fingerprint density at radius 1 is 1.35 bits per heavy atom. The van der Waals surface area contributed by atoms with E-state index in [0.717, 1.165) is 0 Å². The van der Waals surface area contributed by atoms with Crippen LogP contribution >= 0.6 is 11.6 Å². The van der Waals surface area contributed by atoms with E-state index in [1.54, 1.807) is 24.3 Å². The van der Waals surface area contributed by atoms with Crippen LogP contribution in [0.15, 0.2) is 24.3 Å². The van der Waals surface area contributed by atoms with Crippen LogP contribution < -0.4 is 0 Å². The van der Waals surface area contributed by atoms with Crippen LogP contribution in [0.25, 0.3) is 0 Å². The van der Waals surface area contributed by atoms with Crippen molar-refractivity contribution >= 4 is 27.2 Å². The summed E-state index contributed by atoms with van der Waals surface area (Å²) in [5, 5.41) is 0.429. The van der Waals surface area contributed by atoms with Crippen molar-refractivity contribution in [3.05, 3.63) is 34.9 Å². The zero-order valence-electron chi connectivity index (χ0n) is 9.23. The molecule has 2 rings (SSSR count). The average Bonchev–Trinajstić information content (AvgIpc) is 2.58. The molecular formula is C12H13ClO3S. The number of Topliss-reactive ketones (excluding diaryl/α,β-unsaturated/α-hetero) is 1. The van der Waals surface area contributed by atoms with Crippen LogP contribution in [0.4, 0.5) is 0 Å². The van der Waals surface area contributed by atoms with Crippen molar-refractivity contribution in [3.63, 3.8) is 0 Å². The van der Waals surface area contributed by atoms with Crippen molar-refractivity contribution in [2.45, 2.75) is 12.8 Å². The SMILES string of the molecule is O=C(CC1CCS(=O)(=O)C1)c1ccccc1Cl. The molecule has 0 spiro atoms. The van der Waals surface area contributed by atoms with Gasteiger partial charge in [0, 0.05) is 12.0 Å². The summed E-state index contributed by atoms with van der Waals surface area (Å²) in [5.74, 6) is 0.206. The third-order valence-electron chi connectivity index (χ3n) is 2.98. The van der Waals surface area contributed by atoms with Crippen molar-refractivity contribution in [2.75, 3.05) is 11.5 Å². The number of halogens is 1. The minimum absolute atomic E-state index is 0.0521. The van der Waals surface area contributed by atoms with Gasteiger partial charge in [-0.15, -0.1) is 0 Å². The summed E-state index contributed by atoms with van der Waals surface area (Å²) in [6.45, 7) is 0. The van der Waals surface area contributed by atoms with E-state index in [1.165, 1.54) is 0 Å². The minimum Gasteiger partial charge on any atom is -0.294 e. The van der Waals surface area contributed by atoms with Crippen molar-refractivity contribution in [2.24, 2.45) is 5.92 Å². The first-order valence-electron chi connectivity index (χ1n) is 5.46. The highest BCUT2D eigenvalue weighted by molar-refractivity contribution is 7.91. The van der Waals surface area contributed by atoms with E-state index in [0.29, 0.717) is 17.0 Å². The molecule has 3 nitrogen and oxygen atoms in total. The fourth-order valence-corrected chi connectivity index (χ4v) is 4.20. The topological polar surface area (TPSA) is 51.2 Å². The number of hydrogen-bond donors (Lipinski definition) is 0. The molecule has 1 fully saturated rings. The van der Waals surface area contributed by atoms with Gasteiger partial charge >= 0.3 is 0 Å². The third-order valence-corrected chi connectivity index (χ3v) is 5.14. The van der Waals surface area contributed by atoms with Gasteiger partial charge < -0.3 is 0 Å². The molecule has 0 radical (unpaired) electrons. The molecule has 1 aliphatic rings. The van der Waals surface area contributed by atoms with Crippen LogP contribution in [0, 0.1) is 5.92 Å². The molecule has 1 heterocycles. The Morgan fingerprint density at radius 2 is 2.06 bits per heavy atom. The lowest BCUT2D eigenvalue weighted by molar-refractivity contribution is 0.0966. The van der Waals surface area contributed by atoms with Crippen molar-refractivity contribution in [3.8, 4) is 0 Å². The van der Waals surface area contributed by atoms with Crippen molar-refractivity contribution < 1.29 is 13.2 Å². The summed E-state index contributed by atoms with van der Waals surface area (Å²) in [4.78, 5) is 12.0. The summed E-state index contributed by atoms with van der Waals surface area (Å²) in [6.07, 6.45) is 0.849. The molecule has 1 unspecified atom stereocenters.